The molecule has 68 valence electrons. The quantitative estimate of drug-likeness (QED) is 0.585. The molecule has 0 aromatic heterocycles. The summed E-state index contributed by atoms with van der Waals surface area (Å²) in [5.74, 6) is 2.36. The predicted octanol–water partition coefficient (Wildman–Crippen LogP) is 0.122. The van der Waals surface area contributed by atoms with E-state index in [2.05, 4.69) is 16.6 Å². The number of terminal acetylenes is 1. The van der Waals surface area contributed by atoms with Crippen LogP contribution in [-0.2, 0) is 4.79 Å². The van der Waals surface area contributed by atoms with Gasteiger partial charge in [0.25, 0.3) is 0 Å². The van der Waals surface area contributed by atoms with E-state index in [0.29, 0.717) is 12.6 Å². The maximum absolute atomic E-state index is 11.0. The number of nitrogens with one attached hydrogen (secondary N) is 2. The summed E-state index contributed by atoms with van der Waals surface area (Å²) in [5, 5.41) is 5.64. The van der Waals surface area contributed by atoms with Gasteiger partial charge in [0.05, 0.1) is 12.6 Å². The summed E-state index contributed by atoms with van der Waals surface area (Å²) in [6.07, 6.45) is 5.09. The van der Waals surface area contributed by atoms with Crippen LogP contribution in [-0.4, -0.2) is 24.5 Å². The number of rotatable bonds is 4. The lowest BCUT2D eigenvalue weighted by molar-refractivity contribution is -0.120. The molecule has 0 heterocycles. The zero-order valence-corrected chi connectivity index (χ0v) is 7.85. The summed E-state index contributed by atoms with van der Waals surface area (Å²) in [5.41, 5.74) is 0. The first-order valence-corrected chi connectivity index (χ1v) is 4.05. The van der Waals surface area contributed by atoms with Crippen LogP contribution in [0.4, 0.5) is 0 Å². The largest absolute Gasteiger partial charge is 0.342 e. The van der Waals surface area contributed by atoms with Crippen molar-refractivity contribution in [3.63, 3.8) is 0 Å². The molecule has 0 aliphatic carbocycles. The minimum Gasteiger partial charge on any atom is -0.342 e. The fraction of sp³-hybridized carbons (Fsp3) is 0.667. The second-order valence-corrected chi connectivity index (χ2v) is 2.99. The molecule has 0 saturated carbocycles. The number of hydrogen-bond acceptors (Lipinski definition) is 2. The molecule has 3 heteroatoms. The zero-order chi connectivity index (χ0) is 9.56. The van der Waals surface area contributed by atoms with Gasteiger partial charge >= 0.3 is 0 Å². The van der Waals surface area contributed by atoms with Crippen LogP contribution in [0.1, 0.15) is 20.8 Å². The third-order valence-electron chi connectivity index (χ3n) is 1.30. The Morgan fingerprint density at radius 3 is 2.50 bits per heavy atom. The van der Waals surface area contributed by atoms with E-state index in [9.17, 15) is 4.79 Å². The Balaban J connectivity index is 3.55. The summed E-state index contributed by atoms with van der Waals surface area (Å²) >= 11 is 0. The van der Waals surface area contributed by atoms with Crippen LogP contribution < -0.4 is 10.6 Å². The van der Waals surface area contributed by atoms with E-state index < -0.39 is 0 Å². The first-order chi connectivity index (χ1) is 5.56. The van der Waals surface area contributed by atoms with Crippen molar-refractivity contribution in [2.45, 2.75) is 32.9 Å². The number of amides is 1. The molecule has 12 heavy (non-hydrogen) atoms. The molecule has 0 aliphatic heterocycles. The first-order valence-electron chi connectivity index (χ1n) is 4.05. The van der Waals surface area contributed by atoms with Crippen LogP contribution in [0.25, 0.3) is 0 Å². The van der Waals surface area contributed by atoms with Gasteiger partial charge in [-0.2, -0.15) is 0 Å². The van der Waals surface area contributed by atoms with Gasteiger partial charge in [0, 0.05) is 6.04 Å². The minimum atomic E-state index is -0.188. The highest BCUT2D eigenvalue weighted by Crippen LogP contribution is 1.78. The molecule has 0 rings (SSSR count). The van der Waals surface area contributed by atoms with Gasteiger partial charge in [-0.15, -0.1) is 6.42 Å². The summed E-state index contributed by atoms with van der Waals surface area (Å²) in [6, 6.07) is 0.128. The highest BCUT2D eigenvalue weighted by atomic mass is 16.1. The van der Waals surface area contributed by atoms with Gasteiger partial charge in [-0.05, 0) is 6.92 Å². The van der Waals surface area contributed by atoms with Crippen molar-refractivity contribution in [1.82, 2.24) is 10.6 Å². The lowest BCUT2D eigenvalue weighted by Gasteiger charge is -2.10. The molecular formula is C9H16N2O. The average Bonchev–Trinajstić information content (AvgIpc) is 2.00. The molecule has 0 saturated heterocycles. The lowest BCUT2D eigenvalue weighted by Crippen LogP contribution is -2.40. The van der Waals surface area contributed by atoms with Gasteiger partial charge in [0.1, 0.15) is 0 Å². The maximum atomic E-state index is 11.0. The van der Waals surface area contributed by atoms with E-state index in [4.69, 9.17) is 6.42 Å². The molecule has 1 unspecified atom stereocenters. The zero-order valence-electron chi connectivity index (χ0n) is 7.85. The average molecular weight is 168 g/mol. The van der Waals surface area contributed by atoms with Gasteiger partial charge in [0.2, 0.25) is 5.91 Å². The van der Waals surface area contributed by atoms with E-state index in [1.807, 2.05) is 13.8 Å². The Hall–Kier alpha value is -1.01. The third kappa shape index (κ3) is 5.75. The Kier molecular flexibility index (Phi) is 5.14. The molecule has 0 aromatic carbocycles. The minimum absolute atomic E-state index is 0.0610. The Bertz CT molecular complexity index is 181. The van der Waals surface area contributed by atoms with E-state index in [-0.39, 0.29) is 11.9 Å². The molecule has 3 nitrogen and oxygen atoms in total. The third-order valence-corrected chi connectivity index (χ3v) is 1.30. The highest BCUT2D eigenvalue weighted by molar-refractivity contribution is 5.78. The standard InChI is InChI=1S/C9H16N2O/c1-5-8(4)11-9(12)6-10-7(2)3/h1,7-8,10H,6H2,2-4H3,(H,11,12). The van der Waals surface area contributed by atoms with Gasteiger partial charge in [0.15, 0.2) is 0 Å². The fourth-order valence-corrected chi connectivity index (χ4v) is 0.631. The SMILES string of the molecule is C#CC(C)NC(=O)CNC(C)C. The normalized spacial score (nSPS) is 12.2. The molecule has 0 aromatic rings. The summed E-state index contributed by atoms with van der Waals surface area (Å²) in [6.45, 7) is 6.06. The summed E-state index contributed by atoms with van der Waals surface area (Å²) < 4.78 is 0. The molecule has 0 spiro atoms. The number of carbonyl (C=O) groups excluding carboxylic acids is 1. The Morgan fingerprint density at radius 2 is 2.08 bits per heavy atom. The molecular weight excluding hydrogens is 152 g/mol. The van der Waals surface area contributed by atoms with Gasteiger partial charge < -0.3 is 10.6 Å². The van der Waals surface area contributed by atoms with Crippen molar-refractivity contribution in [1.29, 1.82) is 0 Å². The number of hydrogen-bond donors (Lipinski definition) is 2. The van der Waals surface area contributed by atoms with E-state index in [1.54, 1.807) is 6.92 Å². The molecule has 2 N–H and O–H groups in total. The second-order valence-electron chi connectivity index (χ2n) is 2.99. The molecule has 0 bridgehead atoms. The topological polar surface area (TPSA) is 41.1 Å². The number of carbonyl (C=O) groups is 1. The van der Waals surface area contributed by atoms with Crippen LogP contribution in [0.3, 0.4) is 0 Å². The maximum Gasteiger partial charge on any atom is 0.234 e. The van der Waals surface area contributed by atoms with Crippen LogP contribution in [0.15, 0.2) is 0 Å². The van der Waals surface area contributed by atoms with Crippen LogP contribution in [0, 0.1) is 12.3 Å². The van der Waals surface area contributed by atoms with Crippen molar-refractivity contribution >= 4 is 5.91 Å². The Morgan fingerprint density at radius 1 is 1.50 bits per heavy atom. The van der Waals surface area contributed by atoms with Crippen molar-refractivity contribution in [3.8, 4) is 12.3 Å². The van der Waals surface area contributed by atoms with Crippen LogP contribution in [0.5, 0.6) is 0 Å². The van der Waals surface area contributed by atoms with Crippen LogP contribution >= 0.6 is 0 Å². The molecule has 0 aliphatic rings. The monoisotopic (exact) mass is 168 g/mol. The molecule has 1 amide bonds. The Labute approximate surface area is 73.9 Å². The molecule has 1 atom stereocenters. The molecule has 0 fully saturated rings. The summed E-state index contributed by atoms with van der Waals surface area (Å²) in [7, 11) is 0. The smallest absolute Gasteiger partial charge is 0.234 e. The van der Waals surface area contributed by atoms with E-state index >= 15 is 0 Å². The van der Waals surface area contributed by atoms with Gasteiger partial charge in [-0.1, -0.05) is 19.8 Å². The van der Waals surface area contributed by atoms with Crippen molar-refractivity contribution in [2.24, 2.45) is 0 Å². The fourth-order valence-electron chi connectivity index (χ4n) is 0.631. The van der Waals surface area contributed by atoms with Crippen molar-refractivity contribution in [3.05, 3.63) is 0 Å². The lowest BCUT2D eigenvalue weighted by atomic mass is 10.3. The molecule has 0 radical (unpaired) electrons. The highest BCUT2D eigenvalue weighted by Gasteiger charge is 2.03. The van der Waals surface area contributed by atoms with Crippen molar-refractivity contribution < 1.29 is 4.79 Å². The first kappa shape index (κ1) is 11.0. The van der Waals surface area contributed by atoms with Gasteiger partial charge in [-0.25, -0.2) is 0 Å². The summed E-state index contributed by atoms with van der Waals surface area (Å²) in [4.78, 5) is 11.0. The van der Waals surface area contributed by atoms with Crippen molar-refractivity contribution in [2.75, 3.05) is 6.54 Å². The van der Waals surface area contributed by atoms with Gasteiger partial charge in [-0.3, -0.25) is 4.79 Å². The van der Waals surface area contributed by atoms with E-state index in [1.165, 1.54) is 0 Å². The van der Waals surface area contributed by atoms with E-state index in [0.717, 1.165) is 0 Å². The van der Waals surface area contributed by atoms with Crippen LogP contribution in [0.2, 0.25) is 0 Å². The predicted molar refractivity (Wildman–Crippen MR) is 49.6 cm³/mol. The second kappa shape index (κ2) is 5.62.